The van der Waals surface area contributed by atoms with Gasteiger partial charge in [0.2, 0.25) is 0 Å². The smallest absolute Gasteiger partial charge is 0.138 e. The molecule has 0 atom stereocenters. The van der Waals surface area contributed by atoms with E-state index >= 15 is 0 Å². The molecule has 1 aromatic carbocycles. The zero-order valence-corrected chi connectivity index (χ0v) is 11.7. The molecule has 100 valence electrons. The van der Waals surface area contributed by atoms with E-state index in [-0.39, 0.29) is 0 Å². The third-order valence-corrected chi connectivity index (χ3v) is 3.40. The highest BCUT2D eigenvalue weighted by Gasteiger charge is 2.11. The highest BCUT2D eigenvalue weighted by molar-refractivity contribution is 6.34. The Morgan fingerprint density at radius 1 is 1.20 bits per heavy atom. The number of halogens is 1. The summed E-state index contributed by atoms with van der Waals surface area (Å²) in [7, 11) is 1.63. The van der Waals surface area contributed by atoms with E-state index in [1.807, 2.05) is 36.4 Å². The zero-order valence-electron chi connectivity index (χ0n) is 11.0. The van der Waals surface area contributed by atoms with E-state index in [0.717, 1.165) is 22.3 Å². The second kappa shape index (κ2) is 5.39. The number of hydrogen-bond acceptors (Lipinski definition) is 2. The van der Waals surface area contributed by atoms with E-state index in [0.29, 0.717) is 5.15 Å². The highest BCUT2D eigenvalue weighted by atomic mass is 35.5. The molecular weight excluding hydrogens is 272 g/mol. The fourth-order valence-corrected chi connectivity index (χ4v) is 2.45. The van der Waals surface area contributed by atoms with E-state index in [1.54, 1.807) is 19.6 Å². The van der Waals surface area contributed by atoms with Crippen molar-refractivity contribution in [2.24, 2.45) is 0 Å². The summed E-state index contributed by atoms with van der Waals surface area (Å²) in [5.41, 5.74) is 3.08. The molecule has 0 bridgehead atoms. The standard InChI is InChI=1S/C16H13ClN2O/c1-20-10-8-13-11-14-15(7-9-18-16(14)17)19(13)12-5-3-2-4-6-12/h2-11H,1H3/b10-8+. The normalized spacial score (nSPS) is 11.3. The molecule has 0 aliphatic carbocycles. The van der Waals surface area contributed by atoms with Crippen LogP contribution in [0, 0.1) is 0 Å². The number of hydrogen-bond donors (Lipinski definition) is 0. The summed E-state index contributed by atoms with van der Waals surface area (Å²) < 4.78 is 7.14. The molecule has 2 aromatic heterocycles. The Hall–Kier alpha value is -2.26. The van der Waals surface area contributed by atoms with Crippen LogP contribution in [-0.4, -0.2) is 16.7 Å². The van der Waals surface area contributed by atoms with Crippen LogP contribution in [0.2, 0.25) is 5.15 Å². The number of fused-ring (bicyclic) bond motifs is 1. The molecule has 0 amide bonds. The zero-order chi connectivity index (χ0) is 13.9. The van der Waals surface area contributed by atoms with Crippen molar-refractivity contribution in [2.45, 2.75) is 0 Å². The van der Waals surface area contributed by atoms with Crippen molar-refractivity contribution in [2.75, 3.05) is 7.11 Å². The van der Waals surface area contributed by atoms with Crippen molar-refractivity contribution in [1.82, 2.24) is 9.55 Å². The number of pyridine rings is 1. The first-order valence-electron chi connectivity index (χ1n) is 6.22. The lowest BCUT2D eigenvalue weighted by molar-refractivity contribution is 0.341. The molecule has 0 N–H and O–H groups in total. The Balaban J connectivity index is 2.32. The maximum Gasteiger partial charge on any atom is 0.138 e. The number of benzene rings is 1. The Kier molecular flexibility index (Phi) is 3.44. The van der Waals surface area contributed by atoms with Crippen LogP contribution in [0.15, 0.2) is 54.9 Å². The van der Waals surface area contributed by atoms with Crippen molar-refractivity contribution in [3.05, 3.63) is 65.8 Å². The lowest BCUT2D eigenvalue weighted by atomic mass is 10.3. The third kappa shape index (κ3) is 2.17. The molecule has 3 aromatic rings. The SMILES string of the molecule is CO/C=C/c1cc2c(Cl)nccc2n1-c1ccccc1. The maximum atomic E-state index is 6.18. The fraction of sp³-hybridized carbons (Fsp3) is 0.0625. The lowest BCUT2D eigenvalue weighted by Gasteiger charge is -2.08. The molecular formula is C16H13ClN2O. The Labute approximate surface area is 122 Å². The first kappa shape index (κ1) is 12.8. The van der Waals surface area contributed by atoms with Crippen LogP contribution in [0.5, 0.6) is 0 Å². The van der Waals surface area contributed by atoms with Gasteiger partial charge in [0.05, 0.1) is 18.9 Å². The van der Waals surface area contributed by atoms with E-state index in [1.165, 1.54) is 0 Å². The van der Waals surface area contributed by atoms with Crippen LogP contribution >= 0.6 is 11.6 Å². The van der Waals surface area contributed by atoms with Crippen molar-refractivity contribution in [3.8, 4) is 5.69 Å². The van der Waals surface area contributed by atoms with Crippen LogP contribution in [0.1, 0.15) is 5.69 Å². The minimum atomic E-state index is 0.504. The topological polar surface area (TPSA) is 27.1 Å². The van der Waals surface area contributed by atoms with Gasteiger partial charge in [-0.05, 0) is 30.3 Å². The molecule has 0 fully saturated rings. The quantitative estimate of drug-likeness (QED) is 0.530. The van der Waals surface area contributed by atoms with E-state index in [4.69, 9.17) is 16.3 Å². The van der Waals surface area contributed by atoms with Crippen LogP contribution < -0.4 is 0 Å². The predicted molar refractivity (Wildman–Crippen MR) is 82.1 cm³/mol. The third-order valence-electron chi connectivity index (χ3n) is 3.10. The molecule has 2 heterocycles. The van der Waals surface area contributed by atoms with E-state index in [9.17, 15) is 0 Å². The maximum absolute atomic E-state index is 6.18. The molecule has 0 saturated carbocycles. The van der Waals surface area contributed by atoms with Gasteiger partial charge < -0.3 is 9.30 Å². The van der Waals surface area contributed by atoms with Gasteiger partial charge in [-0.2, -0.15) is 0 Å². The molecule has 4 heteroatoms. The molecule has 0 aliphatic rings. The van der Waals surface area contributed by atoms with Crippen LogP contribution in [-0.2, 0) is 4.74 Å². The summed E-state index contributed by atoms with van der Waals surface area (Å²) in [5.74, 6) is 0. The number of methoxy groups -OCH3 is 1. The van der Waals surface area contributed by atoms with Gasteiger partial charge in [0.25, 0.3) is 0 Å². The van der Waals surface area contributed by atoms with Gasteiger partial charge in [0.15, 0.2) is 0 Å². The molecule has 0 radical (unpaired) electrons. The Morgan fingerprint density at radius 3 is 2.75 bits per heavy atom. The van der Waals surface area contributed by atoms with Crippen molar-refractivity contribution in [1.29, 1.82) is 0 Å². The average Bonchev–Trinajstić information content (AvgIpc) is 2.86. The highest BCUT2D eigenvalue weighted by Crippen LogP contribution is 2.28. The Bertz CT molecular complexity index is 763. The van der Waals surface area contributed by atoms with Gasteiger partial charge in [-0.3, -0.25) is 0 Å². The second-order valence-corrected chi connectivity index (χ2v) is 4.67. The first-order valence-corrected chi connectivity index (χ1v) is 6.60. The molecule has 3 nitrogen and oxygen atoms in total. The largest absolute Gasteiger partial charge is 0.504 e. The van der Waals surface area contributed by atoms with Crippen LogP contribution in [0.4, 0.5) is 0 Å². The summed E-state index contributed by atoms with van der Waals surface area (Å²) in [4.78, 5) is 4.13. The number of ether oxygens (including phenoxy) is 1. The lowest BCUT2D eigenvalue weighted by Crippen LogP contribution is -1.95. The van der Waals surface area contributed by atoms with Crippen LogP contribution in [0.25, 0.3) is 22.7 Å². The minimum absolute atomic E-state index is 0.504. The van der Waals surface area contributed by atoms with Crippen molar-refractivity contribution >= 4 is 28.6 Å². The van der Waals surface area contributed by atoms with Gasteiger partial charge in [-0.25, -0.2) is 4.98 Å². The monoisotopic (exact) mass is 284 g/mol. The molecule has 0 saturated heterocycles. The summed E-state index contributed by atoms with van der Waals surface area (Å²) in [6, 6.07) is 14.1. The number of rotatable bonds is 3. The number of nitrogens with zero attached hydrogens (tertiary/aromatic N) is 2. The van der Waals surface area contributed by atoms with Crippen molar-refractivity contribution in [3.63, 3.8) is 0 Å². The van der Waals surface area contributed by atoms with E-state index < -0.39 is 0 Å². The second-order valence-electron chi connectivity index (χ2n) is 4.31. The molecule has 0 aliphatic heterocycles. The summed E-state index contributed by atoms with van der Waals surface area (Å²) in [5, 5.41) is 1.43. The molecule has 20 heavy (non-hydrogen) atoms. The van der Waals surface area contributed by atoms with Crippen LogP contribution in [0.3, 0.4) is 0 Å². The predicted octanol–water partition coefficient (Wildman–Crippen LogP) is 4.30. The van der Waals surface area contributed by atoms with Crippen molar-refractivity contribution < 1.29 is 4.74 Å². The number of aromatic nitrogens is 2. The first-order chi connectivity index (χ1) is 9.81. The van der Waals surface area contributed by atoms with E-state index in [2.05, 4.69) is 21.7 Å². The number of para-hydroxylation sites is 1. The average molecular weight is 285 g/mol. The van der Waals surface area contributed by atoms with Gasteiger partial charge in [0.1, 0.15) is 5.15 Å². The summed E-state index contributed by atoms with van der Waals surface area (Å²) in [6.07, 6.45) is 5.27. The molecule has 0 unspecified atom stereocenters. The van der Waals surface area contributed by atoms with Gasteiger partial charge >= 0.3 is 0 Å². The van der Waals surface area contributed by atoms with Gasteiger partial charge in [-0.1, -0.05) is 29.8 Å². The molecule has 0 spiro atoms. The Morgan fingerprint density at radius 2 is 2.00 bits per heavy atom. The summed E-state index contributed by atoms with van der Waals surface area (Å²) in [6.45, 7) is 0. The molecule has 3 rings (SSSR count). The summed E-state index contributed by atoms with van der Waals surface area (Å²) >= 11 is 6.18. The fourth-order valence-electron chi connectivity index (χ4n) is 2.24. The van der Waals surface area contributed by atoms with Gasteiger partial charge in [0, 0.05) is 23.0 Å². The van der Waals surface area contributed by atoms with Gasteiger partial charge in [-0.15, -0.1) is 0 Å². The minimum Gasteiger partial charge on any atom is -0.504 e.